The van der Waals surface area contributed by atoms with Crippen molar-refractivity contribution in [3.63, 3.8) is 0 Å². The molecule has 1 fully saturated rings. The SMILES string of the molecule is CCc1ccc(NC(=O)c2nn(C3CCCN(C(=O)/C=C/CN(C)CCC(C)C)C3)c3ncnc(N)c23)c(C)c1C. The van der Waals surface area contributed by atoms with E-state index in [4.69, 9.17) is 10.8 Å². The number of nitrogens with one attached hydrogen (secondary N) is 1. The predicted molar refractivity (Wildman–Crippen MR) is 164 cm³/mol. The van der Waals surface area contributed by atoms with E-state index in [0.29, 0.717) is 30.0 Å². The van der Waals surface area contributed by atoms with Crippen LogP contribution < -0.4 is 11.1 Å². The summed E-state index contributed by atoms with van der Waals surface area (Å²) in [6, 6.07) is 3.83. The van der Waals surface area contributed by atoms with Gasteiger partial charge in [-0.3, -0.25) is 9.59 Å². The van der Waals surface area contributed by atoms with Gasteiger partial charge in [0, 0.05) is 31.4 Å². The number of carbonyl (C=O) groups excluding carboxylic acids is 2. The molecule has 220 valence electrons. The zero-order valence-corrected chi connectivity index (χ0v) is 25.3. The molecule has 10 nitrogen and oxygen atoms in total. The van der Waals surface area contributed by atoms with Crippen molar-refractivity contribution in [1.29, 1.82) is 0 Å². The van der Waals surface area contributed by atoms with Crippen molar-refractivity contribution >= 4 is 34.4 Å². The second-order valence-corrected chi connectivity index (χ2v) is 11.5. The van der Waals surface area contributed by atoms with Gasteiger partial charge in [-0.05, 0) is 81.8 Å². The van der Waals surface area contributed by atoms with Crippen LogP contribution in [0.1, 0.15) is 73.3 Å². The van der Waals surface area contributed by atoms with E-state index in [1.807, 2.05) is 30.0 Å². The number of aryl methyl sites for hydroxylation is 1. The Morgan fingerprint density at radius 3 is 2.73 bits per heavy atom. The zero-order chi connectivity index (χ0) is 29.7. The number of nitrogens with two attached hydrogens (primary N) is 1. The number of anilines is 2. The van der Waals surface area contributed by atoms with Gasteiger partial charge < -0.3 is 20.9 Å². The van der Waals surface area contributed by atoms with Crippen LogP contribution in [0.2, 0.25) is 0 Å². The Bertz CT molecular complexity index is 1430. The number of carbonyl (C=O) groups is 2. The van der Waals surface area contributed by atoms with Crippen molar-refractivity contribution in [3.05, 3.63) is 53.0 Å². The number of nitrogens with zero attached hydrogens (tertiary/aromatic N) is 6. The minimum absolute atomic E-state index is 0.0168. The summed E-state index contributed by atoms with van der Waals surface area (Å²) in [5, 5.41) is 8.18. The summed E-state index contributed by atoms with van der Waals surface area (Å²) < 4.78 is 1.75. The van der Waals surface area contributed by atoms with E-state index in [0.717, 1.165) is 55.6 Å². The first-order chi connectivity index (χ1) is 19.6. The number of hydrogen-bond acceptors (Lipinski definition) is 7. The van der Waals surface area contributed by atoms with Crippen molar-refractivity contribution in [2.45, 2.75) is 66.3 Å². The number of amides is 2. The summed E-state index contributed by atoms with van der Waals surface area (Å²) in [6.45, 7) is 13.5. The Balaban J connectivity index is 1.53. The standard InChI is InChI=1S/C31H44N8O2/c1-7-23-12-13-25(22(5)21(23)4)35-31(41)28-27-29(32)33-19-34-30(27)39(36-28)24-10-8-16-38(18-24)26(40)11-9-15-37(6)17-14-20(2)3/h9,11-13,19-20,24H,7-8,10,14-18H2,1-6H3,(H,35,41)(H2,32,33,34)/b11-9+. The first-order valence-corrected chi connectivity index (χ1v) is 14.6. The minimum atomic E-state index is -0.365. The van der Waals surface area contributed by atoms with Gasteiger partial charge in [0.15, 0.2) is 11.3 Å². The Labute approximate surface area is 243 Å². The molecule has 3 heterocycles. The molecule has 2 amide bonds. The molecule has 1 aliphatic heterocycles. The summed E-state index contributed by atoms with van der Waals surface area (Å²) in [5.41, 5.74) is 11.1. The lowest BCUT2D eigenvalue weighted by Crippen LogP contribution is -2.40. The molecule has 0 bridgehead atoms. The smallest absolute Gasteiger partial charge is 0.277 e. The number of benzene rings is 1. The topological polar surface area (TPSA) is 122 Å². The van der Waals surface area contributed by atoms with E-state index in [9.17, 15) is 9.59 Å². The van der Waals surface area contributed by atoms with Gasteiger partial charge in [-0.1, -0.05) is 32.9 Å². The van der Waals surface area contributed by atoms with Crippen LogP contribution in [-0.2, 0) is 11.2 Å². The molecule has 4 rings (SSSR count). The van der Waals surface area contributed by atoms with Crippen LogP contribution in [-0.4, -0.2) is 74.6 Å². The van der Waals surface area contributed by atoms with Gasteiger partial charge in [-0.2, -0.15) is 5.10 Å². The highest BCUT2D eigenvalue weighted by atomic mass is 16.2. The molecule has 41 heavy (non-hydrogen) atoms. The monoisotopic (exact) mass is 560 g/mol. The third-order valence-corrected chi connectivity index (χ3v) is 8.08. The zero-order valence-electron chi connectivity index (χ0n) is 25.3. The summed E-state index contributed by atoms with van der Waals surface area (Å²) in [7, 11) is 2.07. The number of rotatable bonds is 10. The molecule has 3 aromatic rings. The Hall–Kier alpha value is -3.79. The van der Waals surface area contributed by atoms with Crippen molar-refractivity contribution < 1.29 is 9.59 Å². The van der Waals surface area contributed by atoms with Gasteiger partial charge in [0.25, 0.3) is 5.91 Å². The lowest BCUT2D eigenvalue weighted by Gasteiger charge is -2.32. The van der Waals surface area contributed by atoms with E-state index >= 15 is 0 Å². The number of piperidine rings is 1. The van der Waals surface area contributed by atoms with Gasteiger partial charge in [-0.15, -0.1) is 0 Å². The highest BCUT2D eigenvalue weighted by molar-refractivity contribution is 6.13. The van der Waals surface area contributed by atoms with Crippen LogP contribution >= 0.6 is 0 Å². The van der Waals surface area contributed by atoms with Gasteiger partial charge in [0.1, 0.15) is 12.1 Å². The van der Waals surface area contributed by atoms with Gasteiger partial charge in [0.2, 0.25) is 5.91 Å². The van der Waals surface area contributed by atoms with Crippen molar-refractivity contribution in [2.75, 3.05) is 44.3 Å². The number of aromatic nitrogens is 4. The van der Waals surface area contributed by atoms with E-state index in [1.165, 1.54) is 11.9 Å². The molecule has 0 aliphatic carbocycles. The molecule has 10 heteroatoms. The molecule has 1 aliphatic rings. The fourth-order valence-electron chi connectivity index (χ4n) is 5.35. The van der Waals surface area contributed by atoms with Gasteiger partial charge in [-0.25, -0.2) is 14.6 Å². The molecule has 1 aromatic carbocycles. The van der Waals surface area contributed by atoms with Gasteiger partial charge >= 0.3 is 0 Å². The van der Waals surface area contributed by atoms with Crippen LogP contribution in [0.15, 0.2) is 30.6 Å². The minimum Gasteiger partial charge on any atom is -0.383 e. The van der Waals surface area contributed by atoms with Crippen LogP contribution in [0.25, 0.3) is 11.0 Å². The van der Waals surface area contributed by atoms with Crippen LogP contribution in [0.3, 0.4) is 0 Å². The van der Waals surface area contributed by atoms with Crippen molar-refractivity contribution in [3.8, 4) is 0 Å². The largest absolute Gasteiger partial charge is 0.383 e. The predicted octanol–water partition coefficient (Wildman–Crippen LogP) is 4.54. The molecule has 3 N–H and O–H groups in total. The van der Waals surface area contributed by atoms with Crippen LogP contribution in [0.5, 0.6) is 0 Å². The fourth-order valence-corrected chi connectivity index (χ4v) is 5.35. The maximum atomic E-state index is 13.5. The summed E-state index contributed by atoms with van der Waals surface area (Å²) in [6.07, 6.45) is 8.68. The highest BCUT2D eigenvalue weighted by Gasteiger charge is 2.29. The van der Waals surface area contributed by atoms with E-state index in [2.05, 4.69) is 54.9 Å². The third-order valence-electron chi connectivity index (χ3n) is 8.08. The van der Waals surface area contributed by atoms with E-state index in [1.54, 1.807) is 10.8 Å². The lowest BCUT2D eigenvalue weighted by molar-refractivity contribution is -0.127. The molecule has 1 saturated heterocycles. The molecular formula is C31H44N8O2. The molecule has 0 spiro atoms. The molecular weight excluding hydrogens is 516 g/mol. The average Bonchev–Trinajstić information content (AvgIpc) is 3.36. The Kier molecular flexibility index (Phi) is 9.75. The first kappa shape index (κ1) is 30.2. The molecule has 1 unspecified atom stereocenters. The van der Waals surface area contributed by atoms with Crippen LogP contribution in [0, 0.1) is 19.8 Å². The normalized spacial score (nSPS) is 15.9. The Morgan fingerprint density at radius 2 is 2.00 bits per heavy atom. The molecule has 1 atom stereocenters. The summed E-state index contributed by atoms with van der Waals surface area (Å²) in [5.74, 6) is 0.473. The number of likely N-dealkylation sites (N-methyl/N-ethyl adjacent to an activating group) is 1. The number of hydrogen-bond donors (Lipinski definition) is 2. The maximum absolute atomic E-state index is 13.5. The third kappa shape index (κ3) is 6.93. The molecule has 0 saturated carbocycles. The number of likely N-dealkylation sites (tertiary alicyclic amines) is 1. The molecule has 2 aromatic heterocycles. The molecule has 0 radical (unpaired) electrons. The highest BCUT2D eigenvalue weighted by Crippen LogP contribution is 2.30. The second-order valence-electron chi connectivity index (χ2n) is 11.5. The van der Waals surface area contributed by atoms with Crippen LogP contribution in [0.4, 0.5) is 11.5 Å². The maximum Gasteiger partial charge on any atom is 0.277 e. The van der Waals surface area contributed by atoms with Gasteiger partial charge in [0.05, 0.1) is 11.4 Å². The van der Waals surface area contributed by atoms with E-state index < -0.39 is 0 Å². The Morgan fingerprint density at radius 1 is 1.22 bits per heavy atom. The first-order valence-electron chi connectivity index (χ1n) is 14.6. The lowest BCUT2D eigenvalue weighted by atomic mass is 10.00. The van der Waals surface area contributed by atoms with Crippen molar-refractivity contribution in [1.82, 2.24) is 29.5 Å². The number of fused-ring (bicyclic) bond motifs is 1. The summed E-state index contributed by atoms with van der Waals surface area (Å²) >= 11 is 0. The second kappa shape index (κ2) is 13.2. The average molecular weight is 561 g/mol. The quantitative estimate of drug-likeness (QED) is 0.349. The number of nitrogen functional groups attached to an aromatic ring is 1. The van der Waals surface area contributed by atoms with E-state index in [-0.39, 0.29) is 29.4 Å². The fraction of sp³-hybridized carbons (Fsp3) is 0.516. The summed E-state index contributed by atoms with van der Waals surface area (Å²) in [4.78, 5) is 39.3. The van der Waals surface area contributed by atoms with Crippen molar-refractivity contribution in [2.24, 2.45) is 5.92 Å².